The third kappa shape index (κ3) is 3.45. The molecular weight excluding hydrogens is 352 g/mol. The highest BCUT2D eigenvalue weighted by atomic mass is 16.5. The van der Waals surface area contributed by atoms with Crippen LogP contribution >= 0.6 is 0 Å². The molecule has 3 aromatic carbocycles. The van der Waals surface area contributed by atoms with Gasteiger partial charge in [-0.05, 0) is 35.9 Å². The lowest BCUT2D eigenvalue weighted by atomic mass is 10.0. The Hall–Kier alpha value is -3.66. The van der Waals surface area contributed by atoms with Gasteiger partial charge in [-0.15, -0.1) is 0 Å². The second kappa shape index (κ2) is 7.16. The molecule has 0 N–H and O–H groups in total. The van der Waals surface area contributed by atoms with Crippen molar-refractivity contribution < 1.29 is 19.1 Å². The highest BCUT2D eigenvalue weighted by Gasteiger charge is 2.23. The lowest BCUT2D eigenvalue weighted by molar-refractivity contribution is -0.132. The predicted octanol–water partition coefficient (Wildman–Crippen LogP) is 5.05. The molecule has 0 aliphatic carbocycles. The number of carbonyl (C=O) groups excluding carboxylic acids is 2. The normalized spacial score (nSPS) is 14.9. The molecule has 28 heavy (non-hydrogen) atoms. The molecule has 4 nitrogen and oxygen atoms in total. The molecule has 0 saturated carbocycles. The zero-order valence-corrected chi connectivity index (χ0v) is 15.6. The summed E-state index contributed by atoms with van der Waals surface area (Å²) in [6, 6.07) is 19.1. The van der Waals surface area contributed by atoms with Gasteiger partial charge in [-0.2, -0.15) is 0 Å². The number of ether oxygens (including phenoxy) is 2. The lowest BCUT2D eigenvalue weighted by Gasteiger charge is -2.09. The van der Waals surface area contributed by atoms with Gasteiger partial charge in [0.25, 0.3) is 0 Å². The first kappa shape index (κ1) is 17.7. The molecule has 0 fully saturated rings. The van der Waals surface area contributed by atoms with Crippen molar-refractivity contribution in [3.8, 4) is 5.75 Å². The van der Waals surface area contributed by atoms with Crippen LogP contribution in [0.3, 0.4) is 0 Å². The number of carbonyl (C=O) groups is 2. The van der Waals surface area contributed by atoms with Gasteiger partial charge in [-0.25, -0.2) is 4.79 Å². The minimum absolute atomic E-state index is 0.403. The maximum atomic E-state index is 12.4. The zero-order valence-electron chi connectivity index (χ0n) is 15.6. The van der Waals surface area contributed by atoms with E-state index in [1.165, 1.54) is 6.92 Å². The van der Waals surface area contributed by atoms with Gasteiger partial charge in [0.05, 0.1) is 5.57 Å². The summed E-state index contributed by atoms with van der Waals surface area (Å²) >= 11 is 0. The van der Waals surface area contributed by atoms with Gasteiger partial charge in [0.2, 0.25) is 0 Å². The van der Waals surface area contributed by atoms with Crippen LogP contribution in [-0.2, 0) is 14.3 Å². The highest BCUT2D eigenvalue weighted by molar-refractivity contribution is 6.07. The van der Waals surface area contributed by atoms with E-state index in [4.69, 9.17) is 9.47 Å². The molecule has 3 aromatic rings. The number of cyclic esters (lactones) is 1. The molecule has 1 heterocycles. The van der Waals surface area contributed by atoms with Crippen molar-refractivity contribution in [1.82, 2.24) is 0 Å². The quantitative estimate of drug-likeness (QED) is 0.368. The fourth-order valence-electron chi connectivity index (χ4n) is 3.17. The molecule has 4 heteroatoms. The Bertz CT molecular complexity index is 1150. The molecule has 0 unspecified atom stereocenters. The van der Waals surface area contributed by atoms with Crippen LogP contribution in [0.2, 0.25) is 0 Å². The minimum Gasteiger partial charge on any atom is -0.426 e. The van der Waals surface area contributed by atoms with Gasteiger partial charge >= 0.3 is 11.9 Å². The summed E-state index contributed by atoms with van der Waals surface area (Å²) in [7, 11) is 0. The van der Waals surface area contributed by atoms with Crippen molar-refractivity contribution in [3.05, 3.63) is 89.0 Å². The Morgan fingerprint density at radius 1 is 1.00 bits per heavy atom. The maximum Gasteiger partial charge on any atom is 0.343 e. The molecule has 0 amide bonds. The fraction of sp³-hybridized carbons (Fsp3) is 0.0833. The van der Waals surface area contributed by atoms with Crippen LogP contribution in [0.15, 0.2) is 72.3 Å². The van der Waals surface area contributed by atoms with Gasteiger partial charge in [0.15, 0.2) is 0 Å². The topological polar surface area (TPSA) is 52.6 Å². The summed E-state index contributed by atoms with van der Waals surface area (Å²) in [4.78, 5) is 24.0. The second-order valence-electron chi connectivity index (χ2n) is 6.66. The fourth-order valence-corrected chi connectivity index (χ4v) is 3.17. The van der Waals surface area contributed by atoms with E-state index in [9.17, 15) is 9.59 Å². The number of rotatable bonds is 3. The lowest BCUT2D eigenvalue weighted by Crippen LogP contribution is -2.03. The van der Waals surface area contributed by atoms with Gasteiger partial charge in [-0.3, -0.25) is 4.79 Å². The second-order valence-corrected chi connectivity index (χ2v) is 6.66. The Balaban J connectivity index is 1.83. The van der Waals surface area contributed by atoms with Crippen LogP contribution in [0, 0.1) is 6.92 Å². The average Bonchev–Trinajstić information content (AvgIpc) is 3.04. The molecular formula is C24H18O4. The summed E-state index contributed by atoms with van der Waals surface area (Å²) in [5.74, 6) is 0.0614. The number of benzene rings is 3. The Morgan fingerprint density at radius 3 is 2.50 bits per heavy atom. The van der Waals surface area contributed by atoms with Crippen LogP contribution in [0.1, 0.15) is 23.6 Å². The first-order valence-corrected chi connectivity index (χ1v) is 8.94. The smallest absolute Gasteiger partial charge is 0.343 e. The standard InChI is InChI=1S/C24H18O4/c1-15-7-9-18(10-8-15)23-14-19(24(26)28-23)13-21-20-6-4-3-5-17(20)11-12-22(21)27-16(2)25/h3-14H,1-2H3/b19-13-. The first-order valence-electron chi connectivity index (χ1n) is 8.94. The number of fused-ring (bicyclic) bond motifs is 1. The van der Waals surface area contributed by atoms with Crippen molar-refractivity contribution in [2.45, 2.75) is 13.8 Å². The molecule has 0 radical (unpaired) electrons. The summed E-state index contributed by atoms with van der Waals surface area (Å²) in [5.41, 5.74) is 3.04. The molecule has 138 valence electrons. The first-order chi connectivity index (χ1) is 13.5. The average molecular weight is 370 g/mol. The molecule has 4 rings (SSSR count). The van der Waals surface area contributed by atoms with E-state index in [1.54, 1.807) is 18.2 Å². The zero-order chi connectivity index (χ0) is 19.7. The Labute approximate surface area is 162 Å². The molecule has 0 aromatic heterocycles. The van der Waals surface area contributed by atoms with E-state index in [1.807, 2.05) is 61.5 Å². The number of aryl methyl sites for hydroxylation is 1. The van der Waals surface area contributed by atoms with Crippen LogP contribution in [0.5, 0.6) is 5.75 Å². The summed E-state index contributed by atoms with van der Waals surface area (Å²) in [6.07, 6.45) is 3.43. The van der Waals surface area contributed by atoms with Crippen LogP contribution < -0.4 is 4.74 Å². The number of esters is 2. The molecule has 1 aliphatic rings. The molecule has 1 aliphatic heterocycles. The summed E-state index contributed by atoms with van der Waals surface area (Å²) in [5, 5.41) is 1.87. The van der Waals surface area contributed by atoms with E-state index in [0.717, 1.165) is 21.9 Å². The van der Waals surface area contributed by atoms with Gasteiger partial charge in [0, 0.05) is 18.1 Å². The van der Waals surface area contributed by atoms with Crippen molar-refractivity contribution in [2.24, 2.45) is 0 Å². The van der Waals surface area contributed by atoms with E-state index < -0.39 is 11.9 Å². The van der Waals surface area contributed by atoms with E-state index >= 15 is 0 Å². The van der Waals surface area contributed by atoms with Gasteiger partial charge in [0.1, 0.15) is 11.5 Å². The highest BCUT2D eigenvalue weighted by Crippen LogP contribution is 2.33. The van der Waals surface area contributed by atoms with Crippen LogP contribution in [0.25, 0.3) is 22.6 Å². The van der Waals surface area contributed by atoms with Crippen LogP contribution in [-0.4, -0.2) is 11.9 Å². The number of hydrogen-bond acceptors (Lipinski definition) is 4. The number of hydrogen-bond donors (Lipinski definition) is 0. The Morgan fingerprint density at radius 2 is 1.75 bits per heavy atom. The van der Waals surface area contributed by atoms with E-state index in [-0.39, 0.29) is 0 Å². The maximum absolute atomic E-state index is 12.4. The molecule has 0 bridgehead atoms. The monoisotopic (exact) mass is 370 g/mol. The minimum atomic E-state index is -0.433. The van der Waals surface area contributed by atoms with Crippen molar-refractivity contribution in [3.63, 3.8) is 0 Å². The Kier molecular flexibility index (Phi) is 4.53. The largest absolute Gasteiger partial charge is 0.426 e. The van der Waals surface area contributed by atoms with Gasteiger partial charge in [-0.1, -0.05) is 60.2 Å². The van der Waals surface area contributed by atoms with E-state index in [2.05, 4.69) is 0 Å². The van der Waals surface area contributed by atoms with E-state index in [0.29, 0.717) is 22.6 Å². The molecule has 0 saturated heterocycles. The van der Waals surface area contributed by atoms with Crippen molar-refractivity contribution >= 4 is 34.5 Å². The SMILES string of the molecule is CC(=O)Oc1ccc2ccccc2c1/C=C1/C=C(c2ccc(C)cc2)OC1=O. The third-order valence-corrected chi connectivity index (χ3v) is 4.55. The molecule has 0 atom stereocenters. The van der Waals surface area contributed by atoms with Gasteiger partial charge < -0.3 is 9.47 Å². The summed E-state index contributed by atoms with van der Waals surface area (Å²) in [6.45, 7) is 3.35. The van der Waals surface area contributed by atoms with Crippen LogP contribution in [0.4, 0.5) is 0 Å². The third-order valence-electron chi connectivity index (χ3n) is 4.55. The molecule has 0 spiro atoms. The van der Waals surface area contributed by atoms with Crippen molar-refractivity contribution in [1.29, 1.82) is 0 Å². The predicted molar refractivity (Wildman–Crippen MR) is 108 cm³/mol. The van der Waals surface area contributed by atoms with Crippen molar-refractivity contribution in [2.75, 3.05) is 0 Å². The summed E-state index contributed by atoms with van der Waals surface area (Å²) < 4.78 is 10.8.